The van der Waals surface area contributed by atoms with Gasteiger partial charge in [-0.3, -0.25) is 20.7 Å². The summed E-state index contributed by atoms with van der Waals surface area (Å²) in [6.07, 6.45) is 5.69. The van der Waals surface area contributed by atoms with E-state index in [1.165, 1.54) is 36.2 Å². The molecule has 0 aliphatic carbocycles. The lowest BCUT2D eigenvalue weighted by Crippen LogP contribution is -2.27. The first-order chi connectivity index (χ1) is 15.4. The standard InChI is InChI=1S/C15H16N6O4.C6H12O/c1-21(2)15(24)20-13-7-10(5-6-16-13)25-11-3-4-12(17-8-11)19-14(23)18-9-22;1-6-2-4-7-5-3-6/h3-9H,1-2H3,(H,16,20,24)(H2,17,18,19,22,23);6H,2-5H2,1H3. The van der Waals surface area contributed by atoms with Crippen LogP contribution in [0.3, 0.4) is 0 Å². The van der Waals surface area contributed by atoms with Crippen LogP contribution < -0.4 is 20.7 Å². The molecule has 0 radical (unpaired) electrons. The number of pyridine rings is 2. The fourth-order valence-corrected chi connectivity index (χ4v) is 2.44. The molecule has 0 aromatic carbocycles. The lowest BCUT2D eigenvalue weighted by atomic mass is 10.0. The van der Waals surface area contributed by atoms with E-state index >= 15 is 0 Å². The maximum atomic E-state index is 11.6. The van der Waals surface area contributed by atoms with Crippen molar-refractivity contribution in [1.29, 1.82) is 0 Å². The predicted octanol–water partition coefficient (Wildman–Crippen LogP) is 3.07. The first-order valence-electron chi connectivity index (χ1n) is 10.0. The van der Waals surface area contributed by atoms with Gasteiger partial charge in [-0.2, -0.15) is 0 Å². The summed E-state index contributed by atoms with van der Waals surface area (Å²) in [7, 11) is 3.23. The molecule has 32 heavy (non-hydrogen) atoms. The number of anilines is 2. The molecule has 0 saturated carbocycles. The van der Waals surface area contributed by atoms with Gasteiger partial charge in [-0.15, -0.1) is 0 Å². The van der Waals surface area contributed by atoms with Gasteiger partial charge in [0.05, 0.1) is 6.20 Å². The van der Waals surface area contributed by atoms with Crippen molar-refractivity contribution >= 4 is 30.1 Å². The molecular weight excluding hydrogens is 416 g/mol. The summed E-state index contributed by atoms with van der Waals surface area (Å²) in [4.78, 5) is 42.4. The molecule has 2 aromatic rings. The van der Waals surface area contributed by atoms with Crippen LogP contribution in [-0.2, 0) is 9.53 Å². The molecule has 0 bridgehead atoms. The number of rotatable bonds is 5. The zero-order valence-electron chi connectivity index (χ0n) is 18.3. The Morgan fingerprint density at radius 3 is 2.41 bits per heavy atom. The van der Waals surface area contributed by atoms with Crippen LogP contribution in [-0.4, -0.2) is 60.6 Å². The highest BCUT2D eigenvalue weighted by Gasteiger charge is 2.08. The third-order valence-electron chi connectivity index (χ3n) is 4.29. The van der Waals surface area contributed by atoms with Gasteiger partial charge >= 0.3 is 12.1 Å². The molecule has 1 aliphatic heterocycles. The topological polar surface area (TPSA) is 135 Å². The molecule has 0 unspecified atom stereocenters. The summed E-state index contributed by atoms with van der Waals surface area (Å²) in [5, 5.41) is 6.90. The van der Waals surface area contributed by atoms with Gasteiger partial charge < -0.3 is 14.4 Å². The Morgan fingerprint density at radius 2 is 1.84 bits per heavy atom. The van der Waals surface area contributed by atoms with Crippen molar-refractivity contribution in [2.45, 2.75) is 19.8 Å². The van der Waals surface area contributed by atoms with E-state index in [4.69, 9.17) is 9.47 Å². The van der Waals surface area contributed by atoms with Crippen LogP contribution in [0.2, 0.25) is 0 Å². The lowest BCUT2D eigenvalue weighted by molar-refractivity contribution is -0.108. The van der Waals surface area contributed by atoms with E-state index in [0.717, 1.165) is 19.1 Å². The quantitative estimate of drug-likeness (QED) is 0.603. The van der Waals surface area contributed by atoms with Gasteiger partial charge in [-0.05, 0) is 37.0 Å². The van der Waals surface area contributed by atoms with Crippen LogP contribution in [0.15, 0.2) is 36.7 Å². The molecule has 3 N–H and O–H groups in total. The molecule has 11 heteroatoms. The number of carbonyl (C=O) groups is 3. The Morgan fingerprint density at radius 1 is 1.09 bits per heavy atom. The molecule has 0 spiro atoms. The molecule has 1 aliphatic rings. The first-order valence-corrected chi connectivity index (χ1v) is 10.0. The van der Waals surface area contributed by atoms with Crippen LogP contribution >= 0.6 is 0 Å². The van der Waals surface area contributed by atoms with E-state index in [0.29, 0.717) is 17.3 Å². The number of urea groups is 2. The normalized spacial score (nSPS) is 13.1. The number of nitrogens with one attached hydrogen (secondary N) is 3. The largest absolute Gasteiger partial charge is 0.456 e. The molecule has 5 amide bonds. The van der Waals surface area contributed by atoms with Crippen molar-refractivity contribution in [2.75, 3.05) is 37.9 Å². The summed E-state index contributed by atoms with van der Waals surface area (Å²) >= 11 is 0. The molecule has 2 aromatic heterocycles. The second kappa shape index (κ2) is 12.8. The Hall–Kier alpha value is -3.73. The van der Waals surface area contributed by atoms with Crippen LogP contribution in [0, 0.1) is 5.92 Å². The minimum absolute atomic E-state index is 0.250. The van der Waals surface area contributed by atoms with Gasteiger partial charge in [0.1, 0.15) is 23.1 Å². The van der Waals surface area contributed by atoms with Gasteiger partial charge in [0, 0.05) is 39.6 Å². The number of hydrogen-bond acceptors (Lipinski definition) is 7. The Balaban J connectivity index is 0.000000439. The predicted molar refractivity (Wildman–Crippen MR) is 119 cm³/mol. The van der Waals surface area contributed by atoms with E-state index in [9.17, 15) is 14.4 Å². The molecule has 1 fully saturated rings. The molecule has 1 saturated heterocycles. The highest BCUT2D eigenvalue weighted by molar-refractivity contribution is 5.94. The zero-order valence-corrected chi connectivity index (χ0v) is 18.3. The number of nitrogens with zero attached hydrogens (tertiary/aromatic N) is 3. The second-order valence-corrected chi connectivity index (χ2v) is 7.19. The molecule has 3 heterocycles. The van der Waals surface area contributed by atoms with Gasteiger partial charge in [-0.25, -0.2) is 19.6 Å². The average Bonchev–Trinajstić information content (AvgIpc) is 2.76. The molecule has 3 rings (SSSR count). The highest BCUT2D eigenvalue weighted by Crippen LogP contribution is 2.23. The van der Waals surface area contributed by atoms with E-state index in [1.54, 1.807) is 32.3 Å². The van der Waals surface area contributed by atoms with Crippen LogP contribution in [0.5, 0.6) is 11.5 Å². The number of aromatic nitrogens is 2. The third kappa shape index (κ3) is 8.96. The van der Waals surface area contributed by atoms with E-state index in [2.05, 4.69) is 27.5 Å². The van der Waals surface area contributed by atoms with Crippen molar-refractivity contribution in [3.8, 4) is 11.5 Å². The fraction of sp³-hybridized carbons (Fsp3) is 0.381. The summed E-state index contributed by atoms with van der Waals surface area (Å²) in [6, 6.07) is 5.28. The summed E-state index contributed by atoms with van der Waals surface area (Å²) in [5.74, 6) is 2.37. The SMILES string of the molecule is CC1CCOCC1.CN(C)C(=O)Nc1cc(Oc2ccc(NC(=O)NC=O)nc2)ccn1. The van der Waals surface area contributed by atoms with Crippen LogP contribution in [0.1, 0.15) is 19.8 Å². The summed E-state index contributed by atoms with van der Waals surface area (Å²) in [6.45, 7) is 4.25. The van der Waals surface area contributed by atoms with E-state index < -0.39 is 6.03 Å². The van der Waals surface area contributed by atoms with E-state index in [1.807, 2.05) is 5.32 Å². The van der Waals surface area contributed by atoms with Crippen molar-refractivity contribution in [1.82, 2.24) is 20.2 Å². The second-order valence-electron chi connectivity index (χ2n) is 7.19. The number of hydrogen-bond donors (Lipinski definition) is 3. The number of carbonyl (C=O) groups excluding carboxylic acids is 3. The first kappa shape index (κ1) is 24.5. The highest BCUT2D eigenvalue weighted by atomic mass is 16.5. The van der Waals surface area contributed by atoms with Crippen molar-refractivity contribution in [3.63, 3.8) is 0 Å². The molecule has 0 atom stereocenters. The minimum Gasteiger partial charge on any atom is -0.456 e. The van der Waals surface area contributed by atoms with Gasteiger partial charge in [0.15, 0.2) is 0 Å². The maximum absolute atomic E-state index is 11.6. The smallest absolute Gasteiger partial charge is 0.326 e. The summed E-state index contributed by atoms with van der Waals surface area (Å²) in [5.41, 5.74) is 0. The fourth-order valence-electron chi connectivity index (χ4n) is 2.44. The summed E-state index contributed by atoms with van der Waals surface area (Å²) < 4.78 is 10.8. The molecule has 11 nitrogen and oxygen atoms in total. The number of amides is 5. The van der Waals surface area contributed by atoms with Gasteiger partial charge in [0.25, 0.3) is 0 Å². The van der Waals surface area contributed by atoms with E-state index in [-0.39, 0.29) is 18.3 Å². The number of imide groups is 1. The van der Waals surface area contributed by atoms with Crippen molar-refractivity contribution < 1.29 is 23.9 Å². The lowest BCUT2D eigenvalue weighted by Gasteiger charge is -2.16. The Kier molecular flexibility index (Phi) is 9.85. The van der Waals surface area contributed by atoms with Crippen molar-refractivity contribution in [3.05, 3.63) is 36.7 Å². The Labute approximate surface area is 186 Å². The zero-order chi connectivity index (χ0) is 23.3. The number of ether oxygens (including phenoxy) is 2. The monoisotopic (exact) mass is 444 g/mol. The van der Waals surface area contributed by atoms with Crippen LogP contribution in [0.25, 0.3) is 0 Å². The van der Waals surface area contributed by atoms with Crippen molar-refractivity contribution in [2.24, 2.45) is 5.92 Å². The third-order valence-corrected chi connectivity index (χ3v) is 4.29. The maximum Gasteiger partial charge on any atom is 0.326 e. The Bertz CT molecular complexity index is 885. The molecule has 172 valence electrons. The van der Waals surface area contributed by atoms with Crippen LogP contribution in [0.4, 0.5) is 21.2 Å². The van der Waals surface area contributed by atoms with Gasteiger partial charge in [0.2, 0.25) is 6.41 Å². The molecular formula is C21H28N6O5. The average molecular weight is 444 g/mol. The minimum atomic E-state index is -0.688. The van der Waals surface area contributed by atoms with Gasteiger partial charge in [-0.1, -0.05) is 6.92 Å².